The zero-order valence-electron chi connectivity index (χ0n) is 14.2. The summed E-state index contributed by atoms with van der Waals surface area (Å²) in [6, 6.07) is 18.1. The fraction of sp³-hybridized carbons (Fsp3) is 0.200. The summed E-state index contributed by atoms with van der Waals surface area (Å²) in [6.07, 6.45) is 5.97. The van der Waals surface area contributed by atoms with Crippen LogP contribution in [0, 0.1) is 0 Å². The Labute approximate surface area is 157 Å². The molecule has 0 radical (unpaired) electrons. The summed E-state index contributed by atoms with van der Waals surface area (Å²) in [5.74, 6) is 0. The van der Waals surface area contributed by atoms with E-state index in [2.05, 4.69) is 45.5 Å². The molecule has 1 aromatic carbocycles. The molecule has 2 unspecified atom stereocenters. The van der Waals surface area contributed by atoms with Gasteiger partial charge in [-0.25, -0.2) is 0 Å². The Bertz CT molecular complexity index is 881. The highest BCUT2D eigenvalue weighted by atomic mass is 32.1. The van der Waals surface area contributed by atoms with Crippen LogP contribution in [0.3, 0.4) is 0 Å². The SMILES string of the molecule is OCCN1C(=S)NC(c2ccccn2)C1c1ccn(-c2ccccc2)c1. The normalized spacial score (nSPS) is 19.6. The molecule has 3 heterocycles. The summed E-state index contributed by atoms with van der Waals surface area (Å²) in [6.45, 7) is 0.531. The van der Waals surface area contributed by atoms with Crippen LogP contribution in [-0.4, -0.2) is 37.8 Å². The number of nitrogens with zero attached hydrogens (tertiary/aromatic N) is 3. The standard InChI is InChI=1S/C20H20N4OS/c25-13-12-24-19(18(22-20(24)26)17-8-4-5-10-21-17)15-9-11-23(14-15)16-6-2-1-3-7-16/h1-11,14,18-19,25H,12-13H2,(H,22,26). The van der Waals surface area contributed by atoms with Gasteiger partial charge < -0.3 is 19.9 Å². The molecule has 26 heavy (non-hydrogen) atoms. The smallest absolute Gasteiger partial charge is 0.170 e. The molecule has 0 bridgehead atoms. The van der Waals surface area contributed by atoms with Gasteiger partial charge in [0.05, 0.1) is 24.4 Å². The number of benzene rings is 1. The van der Waals surface area contributed by atoms with Gasteiger partial charge in [-0.1, -0.05) is 24.3 Å². The Hall–Kier alpha value is -2.70. The minimum absolute atomic E-state index is 0.0190. The highest BCUT2D eigenvalue weighted by Crippen LogP contribution is 2.38. The highest BCUT2D eigenvalue weighted by Gasteiger charge is 2.39. The number of aromatic nitrogens is 2. The molecule has 132 valence electrons. The van der Waals surface area contributed by atoms with Gasteiger partial charge in [0.2, 0.25) is 0 Å². The minimum Gasteiger partial charge on any atom is -0.395 e. The summed E-state index contributed by atoms with van der Waals surface area (Å²) in [5.41, 5.74) is 3.17. The summed E-state index contributed by atoms with van der Waals surface area (Å²) in [7, 11) is 0. The van der Waals surface area contributed by atoms with Crippen LogP contribution in [0.15, 0.2) is 73.2 Å². The van der Waals surface area contributed by atoms with Crippen LogP contribution in [0.5, 0.6) is 0 Å². The minimum atomic E-state index is -0.0538. The lowest BCUT2D eigenvalue weighted by atomic mass is 9.99. The number of pyridine rings is 1. The maximum atomic E-state index is 9.50. The van der Waals surface area contributed by atoms with Gasteiger partial charge in [-0.2, -0.15) is 0 Å². The number of nitrogens with one attached hydrogen (secondary N) is 1. The Balaban J connectivity index is 1.72. The van der Waals surface area contributed by atoms with Crippen molar-refractivity contribution in [1.82, 2.24) is 19.8 Å². The monoisotopic (exact) mass is 364 g/mol. The molecule has 1 aliphatic rings. The first kappa shape index (κ1) is 16.8. The molecule has 2 atom stereocenters. The first-order chi connectivity index (χ1) is 12.8. The number of β-amino-alcohol motifs (C(OH)–C–C–N with tert-alkyl or cyclic N) is 1. The molecule has 0 spiro atoms. The maximum absolute atomic E-state index is 9.50. The van der Waals surface area contributed by atoms with Crippen molar-refractivity contribution in [3.63, 3.8) is 0 Å². The van der Waals surface area contributed by atoms with Gasteiger partial charge in [-0.15, -0.1) is 0 Å². The van der Waals surface area contributed by atoms with E-state index in [0.717, 1.165) is 16.9 Å². The molecule has 1 aliphatic heterocycles. The lowest BCUT2D eigenvalue weighted by Crippen LogP contribution is -2.32. The van der Waals surface area contributed by atoms with Crippen LogP contribution in [-0.2, 0) is 0 Å². The van der Waals surface area contributed by atoms with E-state index in [4.69, 9.17) is 12.2 Å². The van der Waals surface area contributed by atoms with Gasteiger partial charge >= 0.3 is 0 Å². The Morgan fingerprint density at radius 2 is 1.88 bits per heavy atom. The van der Waals surface area contributed by atoms with Crippen molar-refractivity contribution in [1.29, 1.82) is 0 Å². The lowest BCUT2D eigenvalue weighted by Gasteiger charge is -2.26. The molecule has 1 saturated heterocycles. The average Bonchev–Trinajstić information content (AvgIpc) is 3.29. The molecular formula is C20H20N4OS. The van der Waals surface area contributed by atoms with Gasteiger partial charge in [0.15, 0.2) is 5.11 Å². The van der Waals surface area contributed by atoms with E-state index in [1.165, 1.54) is 0 Å². The van der Waals surface area contributed by atoms with Crippen LogP contribution in [0.1, 0.15) is 23.3 Å². The second kappa shape index (κ2) is 7.27. The molecule has 5 nitrogen and oxygen atoms in total. The quantitative estimate of drug-likeness (QED) is 0.682. The molecule has 0 amide bonds. The number of para-hydroxylation sites is 1. The Morgan fingerprint density at radius 3 is 2.62 bits per heavy atom. The second-order valence-electron chi connectivity index (χ2n) is 6.23. The zero-order chi connectivity index (χ0) is 17.9. The number of aliphatic hydroxyl groups is 1. The Morgan fingerprint density at radius 1 is 1.08 bits per heavy atom. The average molecular weight is 364 g/mol. The van der Waals surface area contributed by atoms with Crippen molar-refractivity contribution in [3.05, 3.63) is 84.4 Å². The van der Waals surface area contributed by atoms with Gasteiger partial charge in [-0.3, -0.25) is 4.98 Å². The number of rotatable bonds is 5. The van der Waals surface area contributed by atoms with E-state index >= 15 is 0 Å². The third kappa shape index (κ3) is 3.09. The van der Waals surface area contributed by atoms with E-state index in [-0.39, 0.29) is 18.7 Å². The lowest BCUT2D eigenvalue weighted by molar-refractivity contribution is 0.223. The van der Waals surface area contributed by atoms with Crippen molar-refractivity contribution >= 4 is 17.3 Å². The summed E-state index contributed by atoms with van der Waals surface area (Å²) >= 11 is 5.53. The first-order valence-electron chi connectivity index (χ1n) is 8.60. The van der Waals surface area contributed by atoms with Crippen LogP contribution in [0.25, 0.3) is 5.69 Å². The molecular weight excluding hydrogens is 344 g/mol. The van der Waals surface area contributed by atoms with Crippen molar-refractivity contribution in [2.24, 2.45) is 0 Å². The van der Waals surface area contributed by atoms with Gasteiger partial charge in [0.25, 0.3) is 0 Å². The molecule has 2 aromatic heterocycles. The summed E-state index contributed by atoms with van der Waals surface area (Å²) in [4.78, 5) is 6.55. The number of hydrogen-bond acceptors (Lipinski definition) is 3. The van der Waals surface area contributed by atoms with Crippen molar-refractivity contribution in [2.45, 2.75) is 12.1 Å². The summed E-state index contributed by atoms with van der Waals surface area (Å²) < 4.78 is 2.10. The third-order valence-electron chi connectivity index (χ3n) is 4.65. The van der Waals surface area contributed by atoms with E-state index < -0.39 is 0 Å². The number of aliphatic hydroxyl groups excluding tert-OH is 1. The molecule has 3 aromatic rings. The molecule has 2 N–H and O–H groups in total. The molecule has 6 heteroatoms. The van der Waals surface area contributed by atoms with E-state index in [1.807, 2.05) is 41.3 Å². The predicted octanol–water partition coefficient (Wildman–Crippen LogP) is 2.84. The van der Waals surface area contributed by atoms with Crippen LogP contribution < -0.4 is 5.32 Å². The zero-order valence-corrected chi connectivity index (χ0v) is 15.0. The van der Waals surface area contributed by atoms with Crippen molar-refractivity contribution < 1.29 is 5.11 Å². The van der Waals surface area contributed by atoms with Crippen LogP contribution in [0.2, 0.25) is 0 Å². The largest absolute Gasteiger partial charge is 0.395 e. The highest BCUT2D eigenvalue weighted by molar-refractivity contribution is 7.80. The molecule has 0 saturated carbocycles. The fourth-order valence-electron chi connectivity index (χ4n) is 3.47. The third-order valence-corrected chi connectivity index (χ3v) is 5.00. The van der Waals surface area contributed by atoms with Crippen LogP contribution >= 0.6 is 12.2 Å². The Kier molecular flexibility index (Phi) is 4.69. The second-order valence-corrected chi connectivity index (χ2v) is 6.62. The summed E-state index contributed by atoms with van der Waals surface area (Å²) in [5, 5.41) is 13.5. The maximum Gasteiger partial charge on any atom is 0.170 e. The van der Waals surface area contributed by atoms with Crippen LogP contribution in [0.4, 0.5) is 0 Å². The van der Waals surface area contributed by atoms with Gasteiger partial charge in [0, 0.05) is 30.8 Å². The first-order valence-corrected chi connectivity index (χ1v) is 9.01. The van der Waals surface area contributed by atoms with E-state index in [9.17, 15) is 5.11 Å². The van der Waals surface area contributed by atoms with Crippen molar-refractivity contribution in [3.8, 4) is 5.69 Å². The van der Waals surface area contributed by atoms with E-state index in [0.29, 0.717) is 11.7 Å². The topological polar surface area (TPSA) is 53.3 Å². The molecule has 1 fully saturated rings. The van der Waals surface area contributed by atoms with Gasteiger partial charge in [-0.05, 0) is 48.1 Å². The number of hydrogen-bond donors (Lipinski definition) is 2. The van der Waals surface area contributed by atoms with E-state index in [1.54, 1.807) is 6.20 Å². The predicted molar refractivity (Wildman–Crippen MR) is 105 cm³/mol. The molecule has 4 rings (SSSR count). The number of thiocarbonyl (C=S) groups is 1. The fourth-order valence-corrected chi connectivity index (χ4v) is 3.80. The van der Waals surface area contributed by atoms with Crippen molar-refractivity contribution in [2.75, 3.05) is 13.2 Å². The molecule has 0 aliphatic carbocycles. The van der Waals surface area contributed by atoms with Gasteiger partial charge in [0.1, 0.15) is 0 Å².